The molecule has 19 aromatic carbocycles. The molecule has 0 bridgehead atoms. The van der Waals surface area contributed by atoms with Crippen molar-refractivity contribution in [1.82, 2.24) is 48.2 Å². The maximum Gasteiger partial charge on any atom is 0.231 e. The fourth-order valence-corrected chi connectivity index (χ4v) is 22.8. The lowest BCUT2D eigenvalue weighted by molar-refractivity contribution is 0.653. The molecule has 0 fully saturated rings. The van der Waals surface area contributed by atoms with E-state index >= 15 is 0 Å². The minimum absolute atomic E-state index is 0.578. The van der Waals surface area contributed by atoms with Crippen LogP contribution in [-0.4, -0.2) is 48.2 Å². The van der Waals surface area contributed by atoms with E-state index < -0.39 is 0 Å². The molecule has 0 aliphatic carbocycles. The predicted octanol–water partition coefficient (Wildman–Crippen LogP) is 33.8. The Kier molecular flexibility index (Phi) is 17.9. The van der Waals surface area contributed by atoms with Crippen LogP contribution in [0.25, 0.3) is 286 Å². The Bertz CT molecular complexity index is 10200. The smallest absolute Gasteiger partial charge is 0.231 e. The van der Waals surface area contributed by atoms with Gasteiger partial charge in [0.15, 0.2) is 17.5 Å². The molecule has 0 N–H and O–H groups in total. The number of hydrogen-bond acceptors (Lipinski definition) is 11. The topological polar surface area (TPSA) is 150 Å². The largest absolute Gasteiger partial charge is 0.456 e. The highest BCUT2D eigenvalue weighted by Crippen LogP contribution is 2.50. The molecule has 14 nitrogen and oxygen atoms in total. The van der Waals surface area contributed by atoms with Gasteiger partial charge < -0.3 is 35.9 Å². The number of hydrogen-bond donors (Lipinski definition) is 0. The van der Waals surface area contributed by atoms with Gasteiger partial charge in [-0.05, 0) is 127 Å². The normalized spacial score (nSPS) is 12.0. The molecular weight excluding hydrogens is 1750 g/mol. The van der Waals surface area contributed by atoms with Crippen LogP contribution in [0.1, 0.15) is 0 Å². The summed E-state index contributed by atoms with van der Waals surface area (Å²) in [5, 5.41) is 20.3. The Morgan fingerprint density at radius 2 is 0.482 bits per heavy atom. The lowest BCUT2D eigenvalue weighted by atomic mass is 10.0. The summed E-state index contributed by atoms with van der Waals surface area (Å²) in [6.45, 7) is 0. The molecule has 31 rings (SSSR count). The second-order valence-corrected chi connectivity index (χ2v) is 36.8. The van der Waals surface area contributed by atoms with Crippen molar-refractivity contribution in [3.05, 3.63) is 449 Å². The number of rotatable bonds is 10. The molecule has 0 radical (unpaired) electrons. The number of benzene rings is 19. The van der Waals surface area contributed by atoms with E-state index in [4.69, 9.17) is 47.6 Å². The summed E-state index contributed by atoms with van der Waals surface area (Å²) in [4.78, 5) is 30.4. The highest BCUT2D eigenvalue weighted by Gasteiger charge is 2.29. The highest BCUT2D eigenvalue weighted by atomic mass is 32.1. The summed E-state index contributed by atoms with van der Waals surface area (Å²) >= 11 is 1.85. The Morgan fingerprint density at radius 1 is 0.170 bits per heavy atom. The van der Waals surface area contributed by atoms with E-state index in [1.807, 2.05) is 169 Å². The van der Waals surface area contributed by atoms with Crippen molar-refractivity contribution >= 4 is 207 Å². The van der Waals surface area contributed by atoms with E-state index in [-0.39, 0.29) is 0 Å². The van der Waals surface area contributed by atoms with Crippen LogP contribution in [0, 0.1) is 0 Å². The maximum absolute atomic E-state index is 6.36. The van der Waals surface area contributed by atoms with Gasteiger partial charge in [0.05, 0.1) is 82.8 Å². The molecule has 141 heavy (non-hydrogen) atoms. The van der Waals surface area contributed by atoms with E-state index in [2.05, 4.69) is 309 Å². The summed E-state index contributed by atoms with van der Waals surface area (Å²) in [6, 6.07) is 157. The fourth-order valence-electron chi connectivity index (χ4n) is 21.7. The third kappa shape index (κ3) is 12.6. The van der Waals surface area contributed by atoms with Crippen molar-refractivity contribution < 1.29 is 17.7 Å². The Balaban J connectivity index is 0.000000102. The minimum Gasteiger partial charge on any atom is -0.456 e. The molecule has 15 heteroatoms. The van der Waals surface area contributed by atoms with Gasteiger partial charge in [0, 0.05) is 141 Å². The first-order valence-corrected chi connectivity index (χ1v) is 48.0. The molecule has 0 aliphatic rings. The Labute approximate surface area is 806 Å². The fraction of sp³-hybridized carbons (Fsp3) is 0. The van der Waals surface area contributed by atoms with Gasteiger partial charge in [0.25, 0.3) is 0 Å². The number of nitrogens with zero attached hydrogens (tertiary/aromatic N) is 10. The summed E-state index contributed by atoms with van der Waals surface area (Å²) in [6.07, 6.45) is 0. The van der Waals surface area contributed by atoms with E-state index in [9.17, 15) is 0 Å². The summed E-state index contributed by atoms with van der Waals surface area (Å²) in [7, 11) is 0. The van der Waals surface area contributed by atoms with Crippen LogP contribution in [0.15, 0.2) is 467 Å². The van der Waals surface area contributed by atoms with Crippen molar-refractivity contribution in [2.24, 2.45) is 0 Å². The highest BCUT2D eigenvalue weighted by molar-refractivity contribution is 7.26. The van der Waals surface area contributed by atoms with Gasteiger partial charge in [-0.2, -0.15) is 15.0 Å². The third-order valence-corrected chi connectivity index (χ3v) is 28.9. The quantitative estimate of drug-likeness (QED) is 0.129. The number of fused-ring (bicyclic) bond motifs is 30. The van der Waals surface area contributed by atoms with E-state index in [1.165, 1.54) is 90.8 Å². The third-order valence-electron chi connectivity index (χ3n) is 27.8. The van der Waals surface area contributed by atoms with Crippen LogP contribution < -0.4 is 0 Å². The monoisotopic (exact) mass is 1820 g/mol. The maximum atomic E-state index is 6.36. The predicted molar refractivity (Wildman–Crippen MR) is 578 cm³/mol. The van der Waals surface area contributed by atoms with Crippen LogP contribution in [0.2, 0.25) is 0 Å². The summed E-state index contributed by atoms with van der Waals surface area (Å²) in [5.41, 5.74) is 27.9. The van der Waals surface area contributed by atoms with Crippen LogP contribution in [-0.2, 0) is 0 Å². The minimum atomic E-state index is 0.578. The van der Waals surface area contributed by atoms with E-state index in [0.29, 0.717) is 34.6 Å². The molecule has 0 aliphatic heterocycles. The molecule has 0 saturated heterocycles. The molecule has 0 spiro atoms. The lowest BCUT2D eigenvalue weighted by Gasteiger charge is -2.12. The SMILES string of the molecule is c1ccc(-c2nc(-c3cccc(-n4c5ccccc5c5ccc6c(c7ccccc7n6-c6ccccc6)c54)c3)c3c(n2)oc2ccccc23)cc1.c1ccc(-c2nc(-c3cccc(-n4c5ccccc5c5ccc6oc7ccccc7c6c54)c3)c3c(n2)oc2ccccc23)cc1.c1ccc(-c2nc(-c3cccc(-n4c5ccccc5c5ccc6sc7ccccc7c6c54)c3)c3c(n2)oc2ccccc23)cc1. The van der Waals surface area contributed by atoms with Gasteiger partial charge in [0.2, 0.25) is 17.1 Å². The number of thiophene rings is 1. The molecule has 0 unspecified atom stereocenters. The average Bonchev–Trinajstić information content (AvgIpc) is 1.94. The van der Waals surface area contributed by atoms with Crippen LogP contribution in [0.3, 0.4) is 0 Å². The van der Waals surface area contributed by atoms with Gasteiger partial charge >= 0.3 is 0 Å². The zero-order valence-corrected chi connectivity index (χ0v) is 76.1. The molecule has 658 valence electrons. The van der Waals surface area contributed by atoms with Gasteiger partial charge in [-0.1, -0.05) is 322 Å². The van der Waals surface area contributed by atoms with Gasteiger partial charge in [-0.15, -0.1) is 11.3 Å². The Hall–Kier alpha value is -19.0. The number of furan rings is 4. The summed E-state index contributed by atoms with van der Waals surface area (Å²) < 4.78 is 37.5. The van der Waals surface area contributed by atoms with Crippen molar-refractivity contribution in [2.45, 2.75) is 0 Å². The second kappa shape index (κ2) is 31.8. The average molecular weight is 1820 g/mol. The first-order chi connectivity index (χ1) is 69.9. The van der Waals surface area contributed by atoms with Crippen LogP contribution in [0.5, 0.6) is 0 Å². The van der Waals surface area contributed by atoms with Gasteiger partial charge in [-0.25, -0.2) is 15.0 Å². The summed E-state index contributed by atoms with van der Waals surface area (Å²) in [5.74, 6) is 1.91. The zero-order chi connectivity index (χ0) is 92.4. The van der Waals surface area contributed by atoms with Crippen LogP contribution in [0.4, 0.5) is 0 Å². The molecular formula is C126H74N10O4S. The standard InChI is InChI=1S/C46H28N4O.C40H23N3O2.C40H23N3OS/c1-3-14-29(15-4-1)45-47-43(42-36-22-9-12-25-40(36)51-46(42)48-45)30-16-13-19-32(28-30)50-37-23-10-7-20-33(37)34-26-27-39-41(44(34)50)35-21-8-11-24-38(35)49(39)31-17-5-2-6-18-31;1-2-11-24(12-3-1)39-41-37(36-30-17-6-9-20-33(30)45-40(36)42-39)25-13-10-14-26(23-25)43-31-18-7-4-15-27(31)28-21-22-34-35(38(28)43)29-16-5-8-19-32(29)44-34;1-2-11-24(12-3-1)39-41-37(36-29-16-5-8-19-32(29)44-40(36)42-39)25-13-10-14-26(23-25)43-31-18-7-4-15-27(31)28-21-22-34-35(38(28)43)30-17-6-9-20-33(30)45-34/h1-28H;2*1-23H. The van der Waals surface area contributed by atoms with Crippen LogP contribution >= 0.6 is 11.3 Å². The lowest BCUT2D eigenvalue weighted by Crippen LogP contribution is -1.97. The second-order valence-electron chi connectivity index (χ2n) is 35.7. The molecule has 0 amide bonds. The number of para-hydroxylation sites is 9. The molecule has 12 heterocycles. The van der Waals surface area contributed by atoms with Crippen molar-refractivity contribution in [1.29, 1.82) is 0 Å². The zero-order valence-electron chi connectivity index (χ0n) is 75.2. The molecule has 12 aromatic heterocycles. The first-order valence-electron chi connectivity index (χ1n) is 47.2. The van der Waals surface area contributed by atoms with E-state index in [1.54, 1.807) is 0 Å². The van der Waals surface area contributed by atoms with E-state index in [0.717, 1.165) is 161 Å². The van der Waals surface area contributed by atoms with Gasteiger partial charge in [0.1, 0.15) is 27.9 Å². The first kappa shape index (κ1) is 79.4. The molecule has 0 saturated carbocycles. The van der Waals surface area contributed by atoms with Crippen molar-refractivity contribution in [2.75, 3.05) is 0 Å². The Morgan fingerprint density at radius 3 is 0.915 bits per heavy atom. The molecule has 0 atom stereocenters. The van der Waals surface area contributed by atoms with Crippen molar-refractivity contribution in [3.8, 4) is 90.7 Å². The number of aromatic nitrogens is 10. The van der Waals surface area contributed by atoms with Crippen molar-refractivity contribution in [3.63, 3.8) is 0 Å². The molecule has 31 aromatic rings. The van der Waals surface area contributed by atoms with Gasteiger partial charge in [-0.3, -0.25) is 0 Å².